The predicted octanol–water partition coefficient (Wildman–Crippen LogP) is 2.24. The van der Waals surface area contributed by atoms with Crippen LogP contribution in [0.2, 0.25) is 0 Å². The molecule has 116 valence electrons. The Hall–Kier alpha value is -1.70. The lowest BCUT2D eigenvalue weighted by Gasteiger charge is -2.29. The van der Waals surface area contributed by atoms with Crippen LogP contribution in [-0.4, -0.2) is 18.0 Å². The molecule has 0 aromatic heterocycles. The average Bonchev–Trinajstić information content (AvgIpc) is 3.28. The van der Waals surface area contributed by atoms with Gasteiger partial charge in [-0.2, -0.15) is 0 Å². The summed E-state index contributed by atoms with van der Waals surface area (Å²) in [5.74, 6) is -12.3. The molecule has 2 rings (SSSR count). The largest absolute Gasteiger partial charge is 0.345 e. The molecule has 1 aromatic rings. The topological polar surface area (TPSA) is 55.1 Å². The highest BCUT2D eigenvalue weighted by Crippen LogP contribution is 2.39. The van der Waals surface area contributed by atoms with Gasteiger partial charge in [0.15, 0.2) is 23.3 Å². The van der Waals surface area contributed by atoms with E-state index in [4.69, 9.17) is 5.73 Å². The summed E-state index contributed by atoms with van der Waals surface area (Å²) in [5, 5.41) is 2.28. The zero-order valence-corrected chi connectivity index (χ0v) is 11.1. The van der Waals surface area contributed by atoms with Crippen molar-refractivity contribution in [3.8, 4) is 0 Å². The summed E-state index contributed by atoms with van der Waals surface area (Å²) in [6.07, 6.45) is 1.54. The molecule has 21 heavy (non-hydrogen) atoms. The van der Waals surface area contributed by atoms with Crippen molar-refractivity contribution < 1.29 is 26.7 Å². The molecule has 1 amide bonds. The van der Waals surface area contributed by atoms with Crippen LogP contribution in [0.4, 0.5) is 22.0 Å². The molecule has 8 heteroatoms. The van der Waals surface area contributed by atoms with Crippen LogP contribution in [-0.2, 0) is 0 Å². The van der Waals surface area contributed by atoms with Crippen LogP contribution < -0.4 is 11.1 Å². The molecule has 0 aliphatic heterocycles. The Labute approximate surface area is 117 Å². The number of nitrogens with one attached hydrogen (secondary N) is 1. The molecule has 0 radical (unpaired) electrons. The highest BCUT2D eigenvalue weighted by atomic mass is 19.2. The third kappa shape index (κ3) is 2.59. The fraction of sp³-hybridized carbons (Fsp3) is 0.462. The first kappa shape index (κ1) is 15.7. The van der Waals surface area contributed by atoms with E-state index in [1.807, 2.05) is 0 Å². The minimum Gasteiger partial charge on any atom is -0.345 e. The molecule has 3 N–H and O–H groups in total. The van der Waals surface area contributed by atoms with E-state index in [1.165, 1.54) is 0 Å². The molecule has 1 aliphatic rings. The summed E-state index contributed by atoms with van der Waals surface area (Å²) < 4.78 is 66.2. The zero-order valence-electron chi connectivity index (χ0n) is 11.1. The van der Waals surface area contributed by atoms with Crippen LogP contribution in [0.3, 0.4) is 0 Å². The molecule has 1 aliphatic carbocycles. The van der Waals surface area contributed by atoms with Crippen molar-refractivity contribution in [3.63, 3.8) is 0 Å². The van der Waals surface area contributed by atoms with E-state index in [-0.39, 0.29) is 12.5 Å². The standard InChI is InChI=1S/C13H13F5N2O/c1-13(4-19,5-2-3-5)20-12(21)6-7(14)9(16)11(18)10(17)8(6)15/h5H,2-4,19H2,1H3,(H,20,21). The molecule has 1 atom stereocenters. The normalized spacial score (nSPS) is 17.5. The first-order valence-electron chi connectivity index (χ1n) is 6.27. The quantitative estimate of drug-likeness (QED) is 0.509. The molecule has 0 heterocycles. The second kappa shape index (κ2) is 5.25. The van der Waals surface area contributed by atoms with Gasteiger partial charge in [-0.15, -0.1) is 0 Å². The summed E-state index contributed by atoms with van der Waals surface area (Å²) in [7, 11) is 0. The van der Waals surface area contributed by atoms with E-state index >= 15 is 0 Å². The number of rotatable bonds is 4. The van der Waals surface area contributed by atoms with E-state index in [0.717, 1.165) is 12.8 Å². The molecular formula is C13H13F5N2O. The summed E-state index contributed by atoms with van der Waals surface area (Å²) in [6, 6.07) is 0. The van der Waals surface area contributed by atoms with Crippen molar-refractivity contribution in [1.29, 1.82) is 0 Å². The lowest BCUT2D eigenvalue weighted by Crippen LogP contribution is -2.53. The third-order valence-corrected chi connectivity index (χ3v) is 3.74. The van der Waals surface area contributed by atoms with Gasteiger partial charge < -0.3 is 11.1 Å². The number of hydrogen-bond donors (Lipinski definition) is 2. The fourth-order valence-corrected chi connectivity index (χ4v) is 2.17. The van der Waals surface area contributed by atoms with Gasteiger partial charge >= 0.3 is 0 Å². The highest BCUT2D eigenvalue weighted by molar-refractivity contribution is 5.95. The van der Waals surface area contributed by atoms with Crippen LogP contribution in [0.5, 0.6) is 0 Å². The van der Waals surface area contributed by atoms with Gasteiger partial charge in [0.2, 0.25) is 5.82 Å². The van der Waals surface area contributed by atoms with Gasteiger partial charge in [-0.1, -0.05) is 0 Å². The summed E-state index contributed by atoms with van der Waals surface area (Å²) in [6.45, 7) is 1.55. The van der Waals surface area contributed by atoms with E-state index in [0.29, 0.717) is 0 Å². The Bertz CT molecular complexity index is 574. The number of nitrogens with two attached hydrogens (primary N) is 1. The molecule has 0 saturated heterocycles. The Kier molecular flexibility index (Phi) is 3.92. The maximum absolute atomic E-state index is 13.5. The first-order chi connectivity index (χ1) is 9.73. The van der Waals surface area contributed by atoms with E-state index in [1.54, 1.807) is 6.92 Å². The van der Waals surface area contributed by atoms with Crippen molar-refractivity contribution in [2.24, 2.45) is 11.7 Å². The summed E-state index contributed by atoms with van der Waals surface area (Å²) >= 11 is 0. The minimum atomic E-state index is -2.30. The van der Waals surface area contributed by atoms with Crippen LogP contribution in [0.1, 0.15) is 30.1 Å². The predicted molar refractivity (Wildman–Crippen MR) is 63.9 cm³/mol. The van der Waals surface area contributed by atoms with Crippen LogP contribution in [0.25, 0.3) is 0 Å². The zero-order chi connectivity index (χ0) is 15.9. The van der Waals surface area contributed by atoms with Gasteiger partial charge in [0.05, 0.1) is 5.54 Å². The number of halogens is 5. The maximum atomic E-state index is 13.5. The van der Waals surface area contributed by atoms with Gasteiger partial charge in [-0.25, -0.2) is 22.0 Å². The molecule has 1 unspecified atom stereocenters. The lowest BCUT2D eigenvalue weighted by molar-refractivity contribution is 0.0885. The van der Waals surface area contributed by atoms with Crippen molar-refractivity contribution in [2.45, 2.75) is 25.3 Å². The molecule has 1 saturated carbocycles. The average molecular weight is 308 g/mol. The Balaban J connectivity index is 2.40. The third-order valence-electron chi connectivity index (χ3n) is 3.74. The van der Waals surface area contributed by atoms with E-state index in [2.05, 4.69) is 5.32 Å². The first-order valence-corrected chi connectivity index (χ1v) is 6.27. The Morgan fingerprint density at radius 2 is 1.52 bits per heavy atom. The smallest absolute Gasteiger partial charge is 0.257 e. The molecule has 1 fully saturated rings. The number of amides is 1. The maximum Gasteiger partial charge on any atom is 0.257 e. The number of benzene rings is 1. The van der Waals surface area contributed by atoms with Crippen molar-refractivity contribution in [3.05, 3.63) is 34.6 Å². The highest BCUT2D eigenvalue weighted by Gasteiger charge is 2.43. The number of hydrogen-bond acceptors (Lipinski definition) is 2. The molecule has 1 aromatic carbocycles. The lowest BCUT2D eigenvalue weighted by atomic mass is 9.95. The van der Waals surface area contributed by atoms with Crippen molar-refractivity contribution in [2.75, 3.05) is 6.54 Å². The second-order valence-corrected chi connectivity index (χ2v) is 5.29. The van der Waals surface area contributed by atoms with Crippen LogP contribution in [0.15, 0.2) is 0 Å². The molecular weight excluding hydrogens is 295 g/mol. The fourth-order valence-electron chi connectivity index (χ4n) is 2.17. The minimum absolute atomic E-state index is 0.0151. The van der Waals surface area contributed by atoms with Crippen LogP contribution in [0, 0.1) is 35.0 Å². The van der Waals surface area contributed by atoms with Gasteiger partial charge in [-0.3, -0.25) is 4.79 Å². The second-order valence-electron chi connectivity index (χ2n) is 5.29. The van der Waals surface area contributed by atoms with Gasteiger partial charge in [0.1, 0.15) is 5.56 Å². The van der Waals surface area contributed by atoms with Crippen molar-refractivity contribution in [1.82, 2.24) is 5.32 Å². The molecule has 0 bridgehead atoms. The Morgan fingerprint density at radius 3 is 1.90 bits per heavy atom. The van der Waals surface area contributed by atoms with Gasteiger partial charge in [0.25, 0.3) is 5.91 Å². The Morgan fingerprint density at radius 1 is 1.10 bits per heavy atom. The van der Waals surface area contributed by atoms with Gasteiger partial charge in [-0.05, 0) is 25.7 Å². The SMILES string of the molecule is CC(CN)(NC(=O)c1c(F)c(F)c(F)c(F)c1F)C1CC1. The summed E-state index contributed by atoms with van der Waals surface area (Å²) in [5.41, 5.74) is 3.08. The monoisotopic (exact) mass is 308 g/mol. The number of carbonyl (C=O) groups is 1. The van der Waals surface area contributed by atoms with Crippen LogP contribution >= 0.6 is 0 Å². The van der Waals surface area contributed by atoms with E-state index in [9.17, 15) is 26.7 Å². The molecule has 0 spiro atoms. The number of carbonyl (C=O) groups excluding carboxylic acids is 1. The summed E-state index contributed by atoms with van der Waals surface area (Å²) in [4.78, 5) is 11.9. The molecule has 3 nitrogen and oxygen atoms in total. The van der Waals surface area contributed by atoms with Crippen molar-refractivity contribution >= 4 is 5.91 Å². The van der Waals surface area contributed by atoms with Gasteiger partial charge in [0, 0.05) is 6.54 Å². The van der Waals surface area contributed by atoms with E-state index < -0.39 is 46.1 Å².